The van der Waals surface area contributed by atoms with Crippen molar-refractivity contribution in [2.75, 3.05) is 0 Å². The molecule has 0 aliphatic rings. The van der Waals surface area contributed by atoms with Gasteiger partial charge in [0.05, 0.1) is 0 Å². The van der Waals surface area contributed by atoms with E-state index in [9.17, 15) is 4.39 Å². The highest BCUT2D eigenvalue weighted by atomic mass is 79.9. The minimum absolute atomic E-state index is 0.119. The van der Waals surface area contributed by atoms with Gasteiger partial charge in [0.1, 0.15) is 11.7 Å². The number of nitrogen functional groups attached to an aromatic ring is 1. The Kier molecular flexibility index (Phi) is 4.61. The monoisotopic (exact) mass is 338 g/mol. The zero-order valence-corrected chi connectivity index (χ0v) is 12.4. The van der Waals surface area contributed by atoms with E-state index in [0.717, 1.165) is 14.9 Å². The van der Waals surface area contributed by atoms with Crippen molar-refractivity contribution in [3.63, 3.8) is 0 Å². The minimum atomic E-state index is -0.365. The summed E-state index contributed by atoms with van der Waals surface area (Å²) in [5.41, 5.74) is 6.62. The molecule has 0 spiro atoms. The Hall–Kier alpha value is -1.33. The van der Waals surface area contributed by atoms with Crippen LogP contribution in [0.25, 0.3) is 0 Å². The molecule has 2 nitrogen and oxygen atoms in total. The molecule has 5 heteroatoms. The van der Waals surface area contributed by atoms with E-state index in [-0.39, 0.29) is 11.7 Å². The second-order valence-corrected chi connectivity index (χ2v) is 5.85. The van der Waals surface area contributed by atoms with Gasteiger partial charge >= 0.3 is 0 Å². The summed E-state index contributed by atoms with van der Waals surface area (Å²) < 4.78 is 14.4. The lowest BCUT2D eigenvalue weighted by Crippen LogP contribution is -2.11. The number of thioether (sulfide) groups is 1. The summed E-state index contributed by atoms with van der Waals surface area (Å²) >= 11 is 5.08. The van der Waals surface area contributed by atoms with Crippen LogP contribution in [0.3, 0.4) is 0 Å². The van der Waals surface area contributed by atoms with Crippen LogP contribution in [0.15, 0.2) is 51.8 Å². The molecule has 0 aromatic heterocycles. The van der Waals surface area contributed by atoms with Crippen LogP contribution >= 0.6 is 27.7 Å². The first kappa shape index (κ1) is 14.1. The third kappa shape index (κ3) is 3.81. The van der Waals surface area contributed by atoms with E-state index in [1.165, 1.54) is 12.1 Å². The summed E-state index contributed by atoms with van der Waals surface area (Å²) in [6.07, 6.45) is 0. The van der Waals surface area contributed by atoms with Crippen LogP contribution < -0.4 is 5.73 Å². The van der Waals surface area contributed by atoms with Gasteiger partial charge in [-0.2, -0.15) is 0 Å². The fourth-order valence-corrected chi connectivity index (χ4v) is 3.11. The van der Waals surface area contributed by atoms with Crippen molar-refractivity contribution >= 4 is 33.5 Å². The van der Waals surface area contributed by atoms with Gasteiger partial charge < -0.3 is 5.73 Å². The smallest absolute Gasteiger partial charge is 0.124 e. The average molecular weight is 339 g/mol. The highest BCUT2D eigenvalue weighted by molar-refractivity contribution is 9.10. The van der Waals surface area contributed by atoms with Gasteiger partial charge in [0.2, 0.25) is 0 Å². The summed E-state index contributed by atoms with van der Waals surface area (Å²) in [5, 5.41) is 7.36. The molecule has 0 amide bonds. The molecule has 0 atom stereocenters. The second kappa shape index (κ2) is 6.21. The summed E-state index contributed by atoms with van der Waals surface area (Å²) in [6, 6.07) is 12.4. The maximum absolute atomic E-state index is 13.4. The lowest BCUT2D eigenvalue weighted by atomic mass is 10.1. The molecule has 2 aromatic carbocycles. The number of hydrogen-bond donors (Lipinski definition) is 2. The topological polar surface area (TPSA) is 49.9 Å². The van der Waals surface area contributed by atoms with Gasteiger partial charge in [-0.05, 0) is 51.8 Å². The van der Waals surface area contributed by atoms with Gasteiger partial charge in [0, 0.05) is 20.7 Å². The molecular formula is C14H12BrFN2S. The van der Waals surface area contributed by atoms with E-state index in [2.05, 4.69) is 15.9 Å². The Morgan fingerprint density at radius 1 is 1.26 bits per heavy atom. The van der Waals surface area contributed by atoms with Gasteiger partial charge in [-0.1, -0.05) is 12.1 Å². The van der Waals surface area contributed by atoms with Gasteiger partial charge in [-0.3, -0.25) is 5.41 Å². The molecule has 3 N–H and O–H groups in total. The number of benzene rings is 2. The maximum atomic E-state index is 13.4. The fourth-order valence-electron chi connectivity index (χ4n) is 1.61. The number of nitrogens with one attached hydrogen (secondary N) is 1. The predicted molar refractivity (Wildman–Crippen MR) is 81.1 cm³/mol. The molecule has 98 valence electrons. The number of halogens is 2. The Bertz CT molecular complexity index is 616. The Morgan fingerprint density at radius 2 is 2.00 bits per heavy atom. The molecule has 19 heavy (non-hydrogen) atoms. The van der Waals surface area contributed by atoms with Crippen LogP contribution in [-0.2, 0) is 5.75 Å². The first-order valence-electron chi connectivity index (χ1n) is 5.57. The van der Waals surface area contributed by atoms with Crippen LogP contribution in [-0.4, -0.2) is 5.84 Å². The number of hydrogen-bond acceptors (Lipinski definition) is 2. The molecule has 0 fully saturated rings. The molecule has 2 aromatic rings. The lowest BCUT2D eigenvalue weighted by molar-refractivity contribution is 0.626. The highest BCUT2D eigenvalue weighted by Crippen LogP contribution is 2.30. The SMILES string of the molecule is N=C(N)c1cc(F)cc(CSc2ccccc2Br)c1. The fraction of sp³-hybridized carbons (Fsp3) is 0.0714. The summed E-state index contributed by atoms with van der Waals surface area (Å²) in [4.78, 5) is 1.09. The second-order valence-electron chi connectivity index (χ2n) is 3.98. The summed E-state index contributed by atoms with van der Waals surface area (Å²) in [7, 11) is 0. The van der Waals surface area contributed by atoms with Crippen molar-refractivity contribution in [1.29, 1.82) is 5.41 Å². The van der Waals surface area contributed by atoms with Crippen molar-refractivity contribution in [1.82, 2.24) is 0 Å². The Morgan fingerprint density at radius 3 is 2.68 bits per heavy atom. The summed E-state index contributed by atoms with van der Waals surface area (Å²) in [5.74, 6) is 0.141. The number of nitrogens with two attached hydrogens (primary N) is 1. The molecule has 0 radical (unpaired) electrons. The van der Waals surface area contributed by atoms with Crippen LogP contribution in [0, 0.1) is 11.2 Å². The van der Waals surface area contributed by atoms with Crippen LogP contribution in [0.4, 0.5) is 4.39 Å². The zero-order chi connectivity index (χ0) is 13.8. The number of amidine groups is 1. The molecule has 0 aliphatic carbocycles. The van der Waals surface area contributed by atoms with Gasteiger partial charge in [0.25, 0.3) is 0 Å². The highest BCUT2D eigenvalue weighted by Gasteiger charge is 2.05. The van der Waals surface area contributed by atoms with Gasteiger partial charge in [-0.15, -0.1) is 11.8 Å². The first-order valence-corrected chi connectivity index (χ1v) is 7.35. The Balaban J connectivity index is 2.16. The van der Waals surface area contributed by atoms with Crippen molar-refractivity contribution in [3.05, 3.63) is 63.9 Å². The van der Waals surface area contributed by atoms with Crippen molar-refractivity contribution < 1.29 is 4.39 Å². The minimum Gasteiger partial charge on any atom is -0.384 e. The van der Waals surface area contributed by atoms with Crippen molar-refractivity contribution in [3.8, 4) is 0 Å². The molecule has 0 saturated heterocycles. The largest absolute Gasteiger partial charge is 0.384 e. The normalized spacial score (nSPS) is 10.4. The van der Waals surface area contributed by atoms with E-state index in [4.69, 9.17) is 11.1 Å². The van der Waals surface area contributed by atoms with Crippen molar-refractivity contribution in [2.45, 2.75) is 10.6 Å². The van der Waals surface area contributed by atoms with E-state index >= 15 is 0 Å². The van der Waals surface area contributed by atoms with E-state index in [1.54, 1.807) is 17.8 Å². The lowest BCUT2D eigenvalue weighted by Gasteiger charge is -2.06. The third-order valence-electron chi connectivity index (χ3n) is 2.50. The van der Waals surface area contributed by atoms with E-state index in [1.807, 2.05) is 24.3 Å². The van der Waals surface area contributed by atoms with Crippen LogP contribution in [0.2, 0.25) is 0 Å². The van der Waals surface area contributed by atoms with Gasteiger partial charge in [0.15, 0.2) is 0 Å². The van der Waals surface area contributed by atoms with Gasteiger partial charge in [-0.25, -0.2) is 4.39 Å². The summed E-state index contributed by atoms with van der Waals surface area (Å²) in [6.45, 7) is 0. The molecule has 2 rings (SSSR count). The van der Waals surface area contributed by atoms with Crippen LogP contribution in [0.5, 0.6) is 0 Å². The molecule has 0 aliphatic heterocycles. The Labute approximate surface area is 123 Å². The molecule has 0 bridgehead atoms. The van der Waals surface area contributed by atoms with Crippen LogP contribution in [0.1, 0.15) is 11.1 Å². The van der Waals surface area contributed by atoms with E-state index in [0.29, 0.717) is 11.3 Å². The quantitative estimate of drug-likeness (QED) is 0.499. The average Bonchev–Trinajstić information content (AvgIpc) is 2.37. The zero-order valence-electron chi connectivity index (χ0n) is 9.99. The number of rotatable bonds is 4. The molecular weight excluding hydrogens is 327 g/mol. The van der Waals surface area contributed by atoms with E-state index < -0.39 is 0 Å². The standard InChI is InChI=1S/C14H12BrFN2S/c15-12-3-1-2-4-13(12)19-8-9-5-10(14(17)18)7-11(16)6-9/h1-7H,8H2,(H3,17,18). The van der Waals surface area contributed by atoms with Crippen molar-refractivity contribution in [2.24, 2.45) is 5.73 Å². The molecule has 0 saturated carbocycles. The third-order valence-corrected chi connectivity index (χ3v) is 4.60. The predicted octanol–water partition coefficient (Wildman–Crippen LogP) is 4.16. The first-order chi connectivity index (χ1) is 9.06. The molecule has 0 heterocycles. The molecule has 0 unspecified atom stereocenters. The maximum Gasteiger partial charge on any atom is 0.124 e.